The molecule has 0 aliphatic heterocycles. The molecule has 0 spiro atoms. The normalized spacial score (nSPS) is 11.3. The number of carbonyl (C=O) groups is 1. The lowest BCUT2D eigenvalue weighted by molar-refractivity contribution is -0.118. The minimum absolute atomic E-state index is 0.0383. The van der Waals surface area contributed by atoms with E-state index in [-0.39, 0.29) is 22.8 Å². The van der Waals surface area contributed by atoms with Crippen LogP contribution in [-0.4, -0.2) is 52.5 Å². The fourth-order valence-corrected chi connectivity index (χ4v) is 7.89. The lowest BCUT2D eigenvalue weighted by Gasteiger charge is -2.47. The molecule has 0 unspecified atom stereocenters. The zero-order chi connectivity index (χ0) is 47.3. The highest BCUT2D eigenvalue weighted by Crippen LogP contribution is 2.41. The second-order valence-electron chi connectivity index (χ2n) is 17.8. The second kappa shape index (κ2) is 34.0. The highest BCUT2D eigenvalue weighted by molar-refractivity contribution is 6.74. The molecule has 330 valence electrons. The summed E-state index contributed by atoms with van der Waals surface area (Å²) in [5, 5.41) is 13.6. The van der Waals surface area contributed by atoms with Crippen molar-refractivity contribution in [3.8, 4) is 142 Å². The molecule has 0 aliphatic rings. The molecule has 3 atom stereocenters. The van der Waals surface area contributed by atoms with E-state index in [4.69, 9.17) is 8.85 Å². The molecule has 0 bridgehead atoms. The Kier molecular flexibility index (Phi) is 31.1. The summed E-state index contributed by atoms with van der Waals surface area (Å²) in [5.74, 6) is 60.6. The van der Waals surface area contributed by atoms with Gasteiger partial charge in [0.2, 0.25) is 0 Å². The number of rotatable bonds is 21. The van der Waals surface area contributed by atoms with Crippen molar-refractivity contribution in [2.24, 2.45) is 0 Å². The van der Waals surface area contributed by atoms with Gasteiger partial charge in [0.15, 0.2) is 16.6 Å². The first-order valence-electron chi connectivity index (χ1n) is 22.1. The number of carbonyl (C=O) groups excluding carboxylic acids is 1. The molecule has 0 fully saturated rings. The summed E-state index contributed by atoms with van der Waals surface area (Å²) in [5.41, 5.74) is 0. The topological polar surface area (TPSA) is 67.8 Å². The van der Waals surface area contributed by atoms with Gasteiger partial charge in [-0.15, -0.1) is 0 Å². The maximum atomic E-state index is 13.2. The Morgan fingerprint density at radius 3 is 1.16 bits per heavy atom. The van der Waals surface area contributed by atoms with Crippen molar-refractivity contribution in [2.75, 3.05) is 6.61 Å². The van der Waals surface area contributed by atoms with Crippen LogP contribution in [0.4, 0.5) is 0 Å². The summed E-state index contributed by atoms with van der Waals surface area (Å²) in [6.07, 6.45) is 15.0. The van der Waals surface area contributed by atoms with Crippen LogP contribution in [0.15, 0.2) is 0 Å². The highest BCUT2D eigenvalue weighted by atomic mass is 28.4. The Morgan fingerprint density at radius 1 is 0.508 bits per heavy atom. The second-order valence-corrected chi connectivity index (χ2v) is 27.3. The fourth-order valence-electron chi connectivity index (χ4n) is 5.18. The van der Waals surface area contributed by atoms with Crippen LogP contribution in [0.5, 0.6) is 0 Å². The first kappa shape index (κ1) is 57.5. The van der Waals surface area contributed by atoms with Crippen LogP contribution >= 0.6 is 0 Å². The average molecular weight is 876 g/mol. The monoisotopic (exact) mass is 875 g/mol. The minimum atomic E-state index is -2.39. The Hall–Kier alpha value is -5.50. The van der Waals surface area contributed by atoms with Gasteiger partial charge in [0.1, 0.15) is 0 Å². The quantitative estimate of drug-likeness (QED) is 0.0686. The summed E-state index contributed by atoms with van der Waals surface area (Å²) >= 11 is 0. The Bertz CT molecular complexity index is 2250. The Labute approximate surface area is 387 Å². The minimum Gasteiger partial charge on any atom is -0.411 e. The van der Waals surface area contributed by atoms with E-state index in [1.807, 2.05) is 0 Å². The van der Waals surface area contributed by atoms with Gasteiger partial charge in [0.25, 0.3) is 5.91 Å². The van der Waals surface area contributed by atoms with Crippen molar-refractivity contribution < 1.29 is 18.8 Å². The molecular weight excluding hydrogens is 807 g/mol. The average Bonchev–Trinajstić information content (AvgIpc) is 3.21. The van der Waals surface area contributed by atoms with E-state index >= 15 is 0 Å². The summed E-state index contributed by atoms with van der Waals surface area (Å²) in [6, 6.07) is -0.731. The standard InChI is InChI=1S/C56H69NO4Si2/c1-13-15-17-19-21-23-25-27-28-29-30-31-32-33-34-35-36-37-39-41-43-45-47-49-53(59)57-51(50-58)54(61-63(11,12)56(6,7)8)52(60-62(9,10)55(3,4)5)48-46-44-42-40-38-26-24-22-20-18-16-14-2/h51-52,54,58H,14,16,18,20,22,24,26,38,40,42,44,46,48,50H2,1-12H3,(H,57,59)/t51-,52-,54-/m0/s1. The maximum Gasteiger partial charge on any atom is 0.297 e. The van der Waals surface area contributed by atoms with E-state index in [1.165, 1.54) is 64.2 Å². The molecule has 0 saturated heterocycles. The summed E-state index contributed by atoms with van der Waals surface area (Å²) in [4.78, 5) is 13.2. The smallest absolute Gasteiger partial charge is 0.297 e. The summed E-state index contributed by atoms with van der Waals surface area (Å²) < 4.78 is 14.3. The summed E-state index contributed by atoms with van der Waals surface area (Å²) in [6.45, 7) is 25.8. The van der Waals surface area contributed by atoms with E-state index in [2.05, 4.69) is 222 Å². The predicted molar refractivity (Wildman–Crippen MR) is 268 cm³/mol. The van der Waals surface area contributed by atoms with Gasteiger partial charge in [-0.2, -0.15) is 0 Å². The van der Waals surface area contributed by atoms with E-state index in [0.29, 0.717) is 0 Å². The van der Waals surface area contributed by atoms with Crippen molar-refractivity contribution in [3.63, 3.8) is 0 Å². The van der Waals surface area contributed by atoms with Crippen molar-refractivity contribution in [1.82, 2.24) is 5.32 Å². The Morgan fingerprint density at radius 2 is 0.825 bits per heavy atom. The first-order chi connectivity index (χ1) is 29.9. The highest BCUT2D eigenvalue weighted by Gasteiger charge is 2.46. The zero-order valence-corrected chi connectivity index (χ0v) is 42.3. The molecule has 1 amide bonds. The molecule has 0 saturated carbocycles. The molecule has 0 aromatic heterocycles. The van der Waals surface area contributed by atoms with E-state index in [9.17, 15) is 9.90 Å². The molecule has 0 aromatic rings. The fraction of sp³-hybridized carbons (Fsp3) is 0.554. The SMILES string of the molecule is CC#CC#CC#CC#CC#CC#CC#CC#CC#CC#CC#CC#CC(=O)N[C@@H](CO)[C@H](O[Si](C)(C)C(C)(C)C)[C@H](CCCCCCCCCCCCCC)O[Si](C)(C)C(C)(C)C. The molecular formula is C56H69NO4Si2. The zero-order valence-electron chi connectivity index (χ0n) is 40.3. The molecule has 2 N–H and O–H groups in total. The number of aliphatic hydroxyl groups excluding tert-OH is 1. The summed E-state index contributed by atoms with van der Waals surface area (Å²) in [7, 11) is -4.66. The number of aliphatic hydroxyl groups is 1. The van der Waals surface area contributed by atoms with Crippen LogP contribution in [0.2, 0.25) is 36.3 Å². The third kappa shape index (κ3) is 29.4. The van der Waals surface area contributed by atoms with Crippen molar-refractivity contribution in [3.05, 3.63) is 0 Å². The number of hydrogen-bond acceptors (Lipinski definition) is 4. The number of amides is 1. The van der Waals surface area contributed by atoms with Gasteiger partial charge >= 0.3 is 0 Å². The molecule has 0 aliphatic carbocycles. The van der Waals surface area contributed by atoms with Crippen LogP contribution in [0.25, 0.3) is 0 Å². The lowest BCUT2D eigenvalue weighted by atomic mass is 9.99. The largest absolute Gasteiger partial charge is 0.411 e. The van der Waals surface area contributed by atoms with Gasteiger partial charge in [0, 0.05) is 41.4 Å². The molecule has 0 rings (SSSR count). The van der Waals surface area contributed by atoms with Gasteiger partial charge in [-0.05, 0) is 144 Å². The van der Waals surface area contributed by atoms with E-state index < -0.39 is 34.7 Å². The van der Waals surface area contributed by atoms with E-state index in [1.54, 1.807) is 6.92 Å². The molecule has 0 heterocycles. The van der Waals surface area contributed by atoms with Gasteiger partial charge in [-0.3, -0.25) is 4.79 Å². The number of unbranched alkanes of at least 4 members (excludes halogenated alkanes) is 11. The molecule has 0 aromatic carbocycles. The van der Waals surface area contributed by atoms with Crippen LogP contribution in [0, 0.1) is 142 Å². The van der Waals surface area contributed by atoms with E-state index in [0.717, 1.165) is 19.3 Å². The number of hydrogen-bond donors (Lipinski definition) is 2. The maximum absolute atomic E-state index is 13.2. The molecule has 7 heteroatoms. The third-order valence-corrected chi connectivity index (χ3v) is 19.7. The molecule has 0 radical (unpaired) electrons. The number of nitrogens with one attached hydrogen (secondary N) is 1. The first-order valence-corrected chi connectivity index (χ1v) is 27.9. The van der Waals surface area contributed by atoms with Crippen LogP contribution in [0.1, 0.15) is 139 Å². The van der Waals surface area contributed by atoms with Gasteiger partial charge < -0.3 is 19.3 Å². The molecule has 5 nitrogen and oxygen atoms in total. The third-order valence-electron chi connectivity index (χ3n) is 10.7. The van der Waals surface area contributed by atoms with Gasteiger partial charge in [0.05, 0.1) is 24.9 Å². The van der Waals surface area contributed by atoms with Crippen LogP contribution in [-0.2, 0) is 13.6 Å². The van der Waals surface area contributed by atoms with Crippen LogP contribution in [0.3, 0.4) is 0 Å². The van der Waals surface area contributed by atoms with Gasteiger partial charge in [-0.25, -0.2) is 0 Å². The predicted octanol–water partition coefficient (Wildman–Crippen LogP) is 9.40. The van der Waals surface area contributed by atoms with Crippen molar-refractivity contribution >= 4 is 22.5 Å². The van der Waals surface area contributed by atoms with Crippen LogP contribution < -0.4 is 5.32 Å². The van der Waals surface area contributed by atoms with Crippen molar-refractivity contribution in [2.45, 2.75) is 193 Å². The molecule has 63 heavy (non-hydrogen) atoms. The Balaban J connectivity index is 5.81. The van der Waals surface area contributed by atoms with Gasteiger partial charge in [-0.1, -0.05) is 131 Å². The lowest BCUT2D eigenvalue weighted by Crippen LogP contribution is -2.59. The van der Waals surface area contributed by atoms with Crippen molar-refractivity contribution in [1.29, 1.82) is 0 Å².